The highest BCUT2D eigenvalue weighted by atomic mass is 32.2. The predicted molar refractivity (Wildman–Crippen MR) is 64.1 cm³/mol. The lowest BCUT2D eigenvalue weighted by atomic mass is 10.2. The van der Waals surface area contributed by atoms with E-state index in [4.69, 9.17) is 4.74 Å². The first-order valence-electron chi connectivity index (χ1n) is 5.58. The maximum Gasteiger partial charge on any atom is 0.243 e. The lowest BCUT2D eigenvalue weighted by Gasteiger charge is -2.07. The van der Waals surface area contributed by atoms with Crippen LogP contribution >= 0.6 is 0 Å². The Kier molecular flexibility index (Phi) is 5.60. The fraction of sp³-hybridized carbons (Fsp3) is 0.700. The average molecular weight is 261 g/mol. The molecule has 7 heteroatoms. The van der Waals surface area contributed by atoms with E-state index < -0.39 is 10.0 Å². The first-order chi connectivity index (χ1) is 8.02. The summed E-state index contributed by atoms with van der Waals surface area (Å²) in [7, 11) is -3.42. The van der Waals surface area contributed by atoms with Crippen molar-refractivity contribution < 1.29 is 13.2 Å². The molecule has 0 radical (unpaired) electrons. The van der Waals surface area contributed by atoms with Crippen molar-refractivity contribution in [3.05, 3.63) is 12.4 Å². The van der Waals surface area contributed by atoms with Crippen LogP contribution in [0.25, 0.3) is 0 Å². The van der Waals surface area contributed by atoms with Gasteiger partial charge in [0.25, 0.3) is 0 Å². The summed E-state index contributed by atoms with van der Waals surface area (Å²) in [6, 6.07) is 0. The molecule has 0 unspecified atom stereocenters. The first kappa shape index (κ1) is 14.1. The molecule has 0 amide bonds. The van der Waals surface area contributed by atoms with Crippen LogP contribution in [0.1, 0.15) is 20.3 Å². The molecule has 0 bridgehead atoms. The van der Waals surface area contributed by atoms with Gasteiger partial charge < -0.3 is 4.74 Å². The largest absolute Gasteiger partial charge is 0.381 e. The standard InChI is InChI=1S/C10H19N3O3S/c1-9(2)8-16-5-3-4-13-17(14,15)10-6-11-12-7-10/h6-7,9,13H,3-5,8H2,1-2H3,(H,11,12). The van der Waals surface area contributed by atoms with Gasteiger partial charge in [-0.2, -0.15) is 5.10 Å². The van der Waals surface area contributed by atoms with E-state index in [0.717, 1.165) is 0 Å². The summed E-state index contributed by atoms with van der Waals surface area (Å²) in [6.07, 6.45) is 3.28. The zero-order chi connectivity index (χ0) is 12.7. The van der Waals surface area contributed by atoms with Crippen LogP contribution in [0.4, 0.5) is 0 Å². The van der Waals surface area contributed by atoms with Crippen LogP contribution in [-0.4, -0.2) is 38.4 Å². The second kappa shape index (κ2) is 6.73. The SMILES string of the molecule is CC(C)COCCCNS(=O)(=O)c1cn[nH]c1. The van der Waals surface area contributed by atoms with E-state index in [1.165, 1.54) is 12.4 Å². The number of nitrogens with one attached hydrogen (secondary N) is 2. The lowest BCUT2D eigenvalue weighted by molar-refractivity contribution is 0.108. The van der Waals surface area contributed by atoms with Crippen molar-refractivity contribution in [2.24, 2.45) is 5.92 Å². The number of rotatable bonds is 8. The Bertz CT molecular complexity index is 400. The number of aromatic amines is 1. The van der Waals surface area contributed by atoms with Crippen molar-refractivity contribution in [3.63, 3.8) is 0 Å². The Morgan fingerprint density at radius 3 is 2.88 bits per heavy atom. The van der Waals surface area contributed by atoms with Crippen molar-refractivity contribution in [1.82, 2.24) is 14.9 Å². The summed E-state index contributed by atoms with van der Waals surface area (Å²) in [5.74, 6) is 0.498. The number of aromatic nitrogens is 2. The second-order valence-corrected chi connectivity index (χ2v) is 5.92. The summed E-state index contributed by atoms with van der Waals surface area (Å²) in [5.41, 5.74) is 0. The smallest absolute Gasteiger partial charge is 0.243 e. The Morgan fingerprint density at radius 1 is 1.53 bits per heavy atom. The van der Waals surface area contributed by atoms with Crippen LogP contribution in [0.3, 0.4) is 0 Å². The number of H-pyrrole nitrogens is 1. The number of nitrogens with zero attached hydrogens (tertiary/aromatic N) is 1. The molecule has 0 saturated heterocycles. The van der Waals surface area contributed by atoms with Crippen LogP contribution in [-0.2, 0) is 14.8 Å². The minimum Gasteiger partial charge on any atom is -0.381 e. The van der Waals surface area contributed by atoms with Gasteiger partial charge in [-0.05, 0) is 12.3 Å². The summed E-state index contributed by atoms with van der Waals surface area (Å²) in [4.78, 5) is 0.153. The molecule has 0 aliphatic heterocycles. The molecule has 1 aromatic heterocycles. The molecule has 1 aromatic rings. The molecule has 17 heavy (non-hydrogen) atoms. The average Bonchev–Trinajstić information content (AvgIpc) is 2.76. The van der Waals surface area contributed by atoms with Gasteiger partial charge in [-0.3, -0.25) is 5.10 Å². The van der Waals surface area contributed by atoms with Gasteiger partial charge in [0.05, 0.1) is 6.20 Å². The molecular weight excluding hydrogens is 242 g/mol. The van der Waals surface area contributed by atoms with E-state index in [2.05, 4.69) is 28.8 Å². The molecule has 0 aliphatic carbocycles. The van der Waals surface area contributed by atoms with Gasteiger partial charge in [-0.1, -0.05) is 13.8 Å². The van der Waals surface area contributed by atoms with Gasteiger partial charge in [0.15, 0.2) is 0 Å². The monoisotopic (exact) mass is 261 g/mol. The number of ether oxygens (including phenoxy) is 1. The van der Waals surface area contributed by atoms with Crippen molar-refractivity contribution in [3.8, 4) is 0 Å². The molecular formula is C10H19N3O3S. The molecule has 0 atom stereocenters. The molecule has 0 fully saturated rings. The molecule has 1 heterocycles. The topological polar surface area (TPSA) is 84.1 Å². The first-order valence-corrected chi connectivity index (χ1v) is 7.07. The molecule has 0 saturated carbocycles. The molecule has 98 valence electrons. The molecule has 0 aromatic carbocycles. The quantitative estimate of drug-likeness (QED) is 0.676. The molecule has 2 N–H and O–H groups in total. The number of hydrogen-bond donors (Lipinski definition) is 2. The van der Waals surface area contributed by atoms with Crippen LogP contribution < -0.4 is 4.72 Å². The van der Waals surface area contributed by atoms with E-state index in [1.54, 1.807) is 0 Å². The second-order valence-electron chi connectivity index (χ2n) is 4.15. The highest BCUT2D eigenvalue weighted by Gasteiger charge is 2.13. The fourth-order valence-corrected chi connectivity index (χ4v) is 2.15. The molecule has 6 nitrogen and oxygen atoms in total. The van der Waals surface area contributed by atoms with Crippen molar-refractivity contribution >= 4 is 10.0 Å². The third-order valence-corrected chi connectivity index (χ3v) is 3.42. The zero-order valence-electron chi connectivity index (χ0n) is 10.1. The summed E-state index contributed by atoms with van der Waals surface area (Å²) < 4.78 is 31.1. The highest BCUT2D eigenvalue weighted by Crippen LogP contribution is 2.03. The normalized spacial score (nSPS) is 12.2. The van der Waals surface area contributed by atoms with E-state index in [0.29, 0.717) is 32.1 Å². The van der Waals surface area contributed by atoms with Crippen LogP contribution in [0.15, 0.2) is 17.3 Å². The number of sulfonamides is 1. The van der Waals surface area contributed by atoms with Gasteiger partial charge >= 0.3 is 0 Å². The molecule has 0 aliphatic rings. The maximum atomic E-state index is 11.6. The maximum absolute atomic E-state index is 11.6. The predicted octanol–water partition coefficient (Wildman–Crippen LogP) is 0.751. The Morgan fingerprint density at radius 2 is 2.29 bits per heavy atom. The van der Waals surface area contributed by atoms with E-state index >= 15 is 0 Å². The van der Waals surface area contributed by atoms with Crippen molar-refractivity contribution in [1.29, 1.82) is 0 Å². The van der Waals surface area contributed by atoms with E-state index in [-0.39, 0.29) is 4.90 Å². The highest BCUT2D eigenvalue weighted by molar-refractivity contribution is 7.89. The van der Waals surface area contributed by atoms with E-state index in [9.17, 15) is 8.42 Å². The Hall–Kier alpha value is -0.920. The minimum absolute atomic E-state index is 0.153. The Balaban J connectivity index is 2.19. The fourth-order valence-electron chi connectivity index (χ4n) is 1.17. The third-order valence-electron chi connectivity index (χ3n) is 1.99. The van der Waals surface area contributed by atoms with Crippen LogP contribution in [0, 0.1) is 5.92 Å². The summed E-state index contributed by atoms with van der Waals surface area (Å²) in [5, 5.41) is 6.06. The molecule has 0 spiro atoms. The van der Waals surface area contributed by atoms with Gasteiger partial charge in [-0.15, -0.1) is 0 Å². The van der Waals surface area contributed by atoms with Crippen molar-refractivity contribution in [2.75, 3.05) is 19.8 Å². The summed E-state index contributed by atoms with van der Waals surface area (Å²) in [6.45, 7) is 5.77. The van der Waals surface area contributed by atoms with Gasteiger partial charge in [0.2, 0.25) is 10.0 Å². The third kappa shape index (κ3) is 5.29. The van der Waals surface area contributed by atoms with Gasteiger partial charge in [-0.25, -0.2) is 13.1 Å². The van der Waals surface area contributed by atoms with Crippen molar-refractivity contribution in [2.45, 2.75) is 25.2 Å². The lowest BCUT2D eigenvalue weighted by Crippen LogP contribution is -2.25. The molecule has 1 rings (SSSR count). The zero-order valence-corrected chi connectivity index (χ0v) is 11.0. The van der Waals surface area contributed by atoms with Gasteiger partial charge in [0, 0.05) is 26.0 Å². The van der Waals surface area contributed by atoms with E-state index in [1.807, 2.05) is 0 Å². The number of hydrogen-bond acceptors (Lipinski definition) is 4. The Labute approximate surface area is 102 Å². The van der Waals surface area contributed by atoms with Gasteiger partial charge in [0.1, 0.15) is 4.90 Å². The minimum atomic E-state index is -3.42. The van der Waals surface area contributed by atoms with Crippen LogP contribution in [0.2, 0.25) is 0 Å². The van der Waals surface area contributed by atoms with Crippen LogP contribution in [0.5, 0.6) is 0 Å². The summed E-state index contributed by atoms with van der Waals surface area (Å²) >= 11 is 0.